The zero-order chi connectivity index (χ0) is 18.9. The molecule has 3 rings (SSSR count). The molecule has 26 heavy (non-hydrogen) atoms. The maximum absolute atomic E-state index is 14.0. The van der Waals surface area contributed by atoms with Gasteiger partial charge in [-0.15, -0.1) is 10.2 Å². The van der Waals surface area contributed by atoms with Crippen molar-refractivity contribution >= 4 is 27.3 Å². The first-order valence-electron chi connectivity index (χ1n) is 7.48. The van der Waals surface area contributed by atoms with Gasteiger partial charge in [-0.2, -0.15) is 0 Å². The Kier molecular flexibility index (Phi) is 4.60. The molecule has 2 heterocycles. The lowest BCUT2D eigenvalue weighted by molar-refractivity contribution is -0.138. The van der Waals surface area contributed by atoms with Crippen LogP contribution in [0.3, 0.4) is 0 Å². The van der Waals surface area contributed by atoms with Crippen LogP contribution < -0.4 is 4.31 Å². The lowest BCUT2D eigenvalue weighted by Crippen LogP contribution is -2.36. The first kappa shape index (κ1) is 17.8. The van der Waals surface area contributed by atoms with Gasteiger partial charge in [0.05, 0.1) is 12.8 Å². The Morgan fingerprint density at radius 3 is 2.77 bits per heavy atom. The predicted molar refractivity (Wildman–Crippen MR) is 90.7 cm³/mol. The number of benzene rings is 1. The Hall–Kier alpha value is -3.01. The van der Waals surface area contributed by atoms with Crippen molar-refractivity contribution < 1.29 is 22.3 Å². The number of pyridine rings is 1. The van der Waals surface area contributed by atoms with E-state index in [2.05, 4.69) is 14.9 Å². The summed E-state index contributed by atoms with van der Waals surface area (Å²) in [6.45, 7) is 0.958. The van der Waals surface area contributed by atoms with Crippen LogP contribution in [0, 0.1) is 12.7 Å². The van der Waals surface area contributed by atoms with Gasteiger partial charge in [-0.05, 0) is 36.8 Å². The molecule has 0 saturated carbocycles. The second kappa shape index (κ2) is 6.71. The number of aromatic nitrogens is 3. The predicted octanol–water partition coefficient (Wildman–Crippen LogP) is 1.55. The molecule has 0 atom stereocenters. The summed E-state index contributed by atoms with van der Waals surface area (Å²) >= 11 is 0. The maximum atomic E-state index is 14.0. The van der Waals surface area contributed by atoms with Crippen LogP contribution in [0.25, 0.3) is 5.65 Å². The number of halogens is 1. The van der Waals surface area contributed by atoms with Crippen LogP contribution in [-0.4, -0.2) is 42.6 Å². The summed E-state index contributed by atoms with van der Waals surface area (Å²) in [5.41, 5.74) is 0.835. The molecule has 10 heteroatoms. The van der Waals surface area contributed by atoms with E-state index in [-0.39, 0.29) is 10.6 Å². The summed E-state index contributed by atoms with van der Waals surface area (Å²) < 4.78 is 46.9. The van der Waals surface area contributed by atoms with Crippen molar-refractivity contribution in [3.63, 3.8) is 0 Å². The SMILES string of the molecule is COC(=O)CN(c1ccc(C)c(F)c1)S(=O)(=O)c1ccc2nncn2c1. The van der Waals surface area contributed by atoms with Crippen molar-refractivity contribution in [2.75, 3.05) is 18.0 Å². The molecule has 0 radical (unpaired) electrons. The number of fused-ring (bicyclic) bond motifs is 1. The lowest BCUT2D eigenvalue weighted by Gasteiger charge is -2.23. The fourth-order valence-corrected chi connectivity index (χ4v) is 3.73. The van der Waals surface area contributed by atoms with Crippen molar-refractivity contribution in [3.8, 4) is 0 Å². The Labute approximate surface area is 148 Å². The highest BCUT2D eigenvalue weighted by Gasteiger charge is 2.28. The molecule has 1 aromatic carbocycles. The summed E-state index contributed by atoms with van der Waals surface area (Å²) in [5.74, 6) is -1.36. The number of carbonyl (C=O) groups excluding carboxylic acids is 1. The molecule has 0 aliphatic heterocycles. The van der Waals surface area contributed by atoms with Gasteiger partial charge in [-0.1, -0.05) is 6.07 Å². The first-order chi connectivity index (χ1) is 12.3. The van der Waals surface area contributed by atoms with E-state index in [4.69, 9.17) is 0 Å². The Bertz CT molecular complexity index is 1080. The second-order valence-corrected chi connectivity index (χ2v) is 7.34. The van der Waals surface area contributed by atoms with Gasteiger partial charge in [0, 0.05) is 6.20 Å². The highest BCUT2D eigenvalue weighted by Crippen LogP contribution is 2.25. The number of esters is 1. The molecule has 0 fully saturated rings. The highest BCUT2D eigenvalue weighted by molar-refractivity contribution is 7.92. The van der Waals surface area contributed by atoms with Crippen LogP contribution in [0.4, 0.5) is 10.1 Å². The van der Waals surface area contributed by atoms with Crippen molar-refractivity contribution in [2.24, 2.45) is 0 Å². The minimum absolute atomic E-state index is 0.0161. The third-order valence-corrected chi connectivity index (χ3v) is 5.55. The van der Waals surface area contributed by atoms with E-state index in [0.29, 0.717) is 11.2 Å². The molecule has 0 bridgehead atoms. The quantitative estimate of drug-likeness (QED) is 0.625. The van der Waals surface area contributed by atoms with E-state index in [1.807, 2.05) is 0 Å². The summed E-state index contributed by atoms with van der Waals surface area (Å²) in [6, 6.07) is 6.75. The number of hydrogen-bond donors (Lipinski definition) is 0. The number of sulfonamides is 1. The minimum Gasteiger partial charge on any atom is -0.468 e. The average molecular weight is 378 g/mol. The fraction of sp³-hybridized carbons (Fsp3) is 0.188. The topological polar surface area (TPSA) is 93.9 Å². The van der Waals surface area contributed by atoms with Crippen LogP contribution in [0.2, 0.25) is 0 Å². The standard InChI is InChI=1S/C16H15FN4O4S/c1-11-3-4-12(7-14(11)17)21(9-16(22)25-2)26(23,24)13-5-6-15-19-18-10-20(15)8-13/h3-8,10H,9H2,1-2H3. The number of rotatable bonds is 5. The van der Waals surface area contributed by atoms with Crippen molar-refractivity contribution in [1.29, 1.82) is 0 Å². The number of anilines is 1. The molecule has 0 amide bonds. The summed E-state index contributed by atoms with van der Waals surface area (Å²) in [4.78, 5) is 11.6. The Morgan fingerprint density at radius 1 is 1.31 bits per heavy atom. The summed E-state index contributed by atoms with van der Waals surface area (Å²) in [5, 5.41) is 7.50. The summed E-state index contributed by atoms with van der Waals surface area (Å²) in [7, 11) is -3.02. The third kappa shape index (κ3) is 3.23. The molecule has 0 aliphatic carbocycles. The summed E-state index contributed by atoms with van der Waals surface area (Å²) in [6.07, 6.45) is 2.67. The molecule has 0 N–H and O–H groups in total. The van der Waals surface area contributed by atoms with Gasteiger partial charge in [0.2, 0.25) is 0 Å². The maximum Gasteiger partial charge on any atom is 0.326 e. The number of methoxy groups -OCH3 is 1. The molecule has 0 unspecified atom stereocenters. The zero-order valence-corrected chi connectivity index (χ0v) is 14.8. The van der Waals surface area contributed by atoms with E-state index < -0.39 is 28.4 Å². The van der Waals surface area contributed by atoms with Gasteiger partial charge in [0.25, 0.3) is 10.0 Å². The zero-order valence-electron chi connectivity index (χ0n) is 14.0. The largest absolute Gasteiger partial charge is 0.468 e. The van der Waals surface area contributed by atoms with Gasteiger partial charge in [0.15, 0.2) is 5.65 Å². The average Bonchev–Trinajstić information content (AvgIpc) is 3.09. The third-order valence-electron chi connectivity index (χ3n) is 3.80. The fourth-order valence-electron chi connectivity index (χ4n) is 2.32. The molecular weight excluding hydrogens is 363 g/mol. The first-order valence-corrected chi connectivity index (χ1v) is 8.92. The number of hydrogen-bond acceptors (Lipinski definition) is 6. The van der Waals surface area contributed by atoms with Gasteiger partial charge >= 0.3 is 5.97 Å². The molecule has 136 valence electrons. The van der Waals surface area contributed by atoms with Crippen molar-refractivity contribution in [3.05, 3.63) is 54.2 Å². The van der Waals surface area contributed by atoms with E-state index in [0.717, 1.165) is 17.5 Å². The normalized spacial score (nSPS) is 11.5. The molecular formula is C16H15FN4O4S. The van der Waals surface area contributed by atoms with E-state index in [9.17, 15) is 17.6 Å². The number of aryl methyl sites for hydroxylation is 1. The van der Waals surface area contributed by atoms with Gasteiger partial charge in [0.1, 0.15) is 23.6 Å². The van der Waals surface area contributed by atoms with Crippen LogP contribution >= 0.6 is 0 Å². The van der Waals surface area contributed by atoms with Crippen LogP contribution in [-0.2, 0) is 19.6 Å². The molecule has 8 nitrogen and oxygen atoms in total. The molecule has 2 aromatic heterocycles. The minimum atomic E-state index is -4.17. The molecule has 0 spiro atoms. The Balaban J connectivity index is 2.11. The molecule has 0 saturated heterocycles. The number of nitrogens with zero attached hydrogens (tertiary/aromatic N) is 4. The Morgan fingerprint density at radius 2 is 2.08 bits per heavy atom. The van der Waals surface area contributed by atoms with Gasteiger partial charge in [-0.25, -0.2) is 12.8 Å². The van der Waals surface area contributed by atoms with Crippen LogP contribution in [0.5, 0.6) is 0 Å². The van der Waals surface area contributed by atoms with Crippen molar-refractivity contribution in [1.82, 2.24) is 14.6 Å². The van der Waals surface area contributed by atoms with E-state index in [1.165, 1.54) is 41.2 Å². The second-order valence-electron chi connectivity index (χ2n) is 5.48. The van der Waals surface area contributed by atoms with Gasteiger partial charge < -0.3 is 4.74 Å². The monoisotopic (exact) mass is 378 g/mol. The number of carbonyl (C=O) groups is 1. The van der Waals surface area contributed by atoms with Gasteiger partial charge in [-0.3, -0.25) is 13.5 Å². The van der Waals surface area contributed by atoms with Crippen LogP contribution in [0.15, 0.2) is 47.8 Å². The highest BCUT2D eigenvalue weighted by atomic mass is 32.2. The van der Waals surface area contributed by atoms with E-state index in [1.54, 1.807) is 6.92 Å². The van der Waals surface area contributed by atoms with E-state index >= 15 is 0 Å². The molecule has 0 aliphatic rings. The number of ether oxygens (including phenoxy) is 1. The lowest BCUT2D eigenvalue weighted by atomic mass is 10.2. The molecule has 3 aromatic rings. The van der Waals surface area contributed by atoms with Crippen molar-refractivity contribution in [2.45, 2.75) is 11.8 Å². The van der Waals surface area contributed by atoms with Crippen LogP contribution in [0.1, 0.15) is 5.56 Å². The smallest absolute Gasteiger partial charge is 0.326 e.